The number of furan rings is 1. The van der Waals surface area contributed by atoms with E-state index in [9.17, 15) is 0 Å². The van der Waals surface area contributed by atoms with Gasteiger partial charge in [0.2, 0.25) is 5.95 Å². The number of hydrogen-bond acceptors (Lipinski definition) is 5. The molecule has 0 amide bonds. The van der Waals surface area contributed by atoms with E-state index in [1.807, 2.05) is 47.7 Å². The fourth-order valence-electron chi connectivity index (χ4n) is 10.2. The van der Waals surface area contributed by atoms with Crippen LogP contribution in [0.15, 0.2) is 223 Å². The molecule has 0 aliphatic rings. The van der Waals surface area contributed by atoms with Crippen molar-refractivity contribution in [1.29, 1.82) is 0 Å². The molecule has 10 aromatic carbocycles. The summed E-state index contributed by atoms with van der Waals surface area (Å²) in [5.41, 5.74) is 12.4. The van der Waals surface area contributed by atoms with Crippen LogP contribution in [0.2, 0.25) is 0 Å². The normalized spacial score (nSPS) is 11.6. The fraction of sp³-hybridized carbons (Fsp3) is 0.0469. The minimum atomic E-state index is 0.537. The lowest BCUT2D eigenvalue weighted by atomic mass is 9.94. The Morgan fingerprint density at radius 1 is 0.400 bits per heavy atom. The molecule has 0 saturated carbocycles. The van der Waals surface area contributed by atoms with E-state index in [0.29, 0.717) is 17.6 Å². The van der Waals surface area contributed by atoms with Gasteiger partial charge in [-0.1, -0.05) is 190 Å². The van der Waals surface area contributed by atoms with Crippen molar-refractivity contribution in [2.45, 2.75) is 20.3 Å². The average Bonchev–Trinajstić information content (AvgIpc) is 4.11. The van der Waals surface area contributed by atoms with Crippen molar-refractivity contribution in [3.05, 3.63) is 218 Å². The number of para-hydroxylation sites is 2. The van der Waals surface area contributed by atoms with E-state index in [0.717, 1.165) is 77.1 Å². The lowest BCUT2D eigenvalue weighted by molar-refractivity contribution is 0.669. The molecule has 14 aromatic rings. The van der Waals surface area contributed by atoms with E-state index < -0.39 is 0 Å². The SMILES string of the molecule is CCC.c1ccc(-c2nc(-c3ccc4c(c3)oc3ccccc34)nc(-n3c4ccc5ccccc5c4c4cccc(-c5cccc(-c6cccc(-c7cccc8sc9ccccc9c78)c6)c5)c43)n2)cc1. The van der Waals surface area contributed by atoms with Gasteiger partial charge < -0.3 is 4.42 Å². The smallest absolute Gasteiger partial charge is 0.238 e. The molecule has 6 heteroatoms. The monoisotopic (exact) mass is 916 g/mol. The Morgan fingerprint density at radius 3 is 1.80 bits per heavy atom. The zero-order chi connectivity index (χ0) is 46.7. The number of thiophene rings is 1. The predicted molar refractivity (Wildman–Crippen MR) is 295 cm³/mol. The van der Waals surface area contributed by atoms with E-state index in [-0.39, 0.29) is 0 Å². The number of aromatic nitrogens is 4. The van der Waals surface area contributed by atoms with Crippen LogP contribution in [0.4, 0.5) is 0 Å². The van der Waals surface area contributed by atoms with Crippen LogP contribution in [0, 0.1) is 0 Å². The van der Waals surface area contributed by atoms with Crippen molar-refractivity contribution >= 4 is 86.0 Å². The van der Waals surface area contributed by atoms with Crippen molar-refractivity contribution in [3.63, 3.8) is 0 Å². The van der Waals surface area contributed by atoms with Crippen molar-refractivity contribution < 1.29 is 4.42 Å². The number of fused-ring (bicyclic) bond motifs is 11. The first kappa shape index (κ1) is 41.5. The molecule has 70 heavy (non-hydrogen) atoms. The fourth-order valence-corrected chi connectivity index (χ4v) is 11.3. The van der Waals surface area contributed by atoms with Gasteiger partial charge in [0.15, 0.2) is 11.6 Å². The summed E-state index contributed by atoms with van der Waals surface area (Å²) in [6, 6.07) is 77.6. The van der Waals surface area contributed by atoms with Gasteiger partial charge in [-0.25, -0.2) is 4.98 Å². The Hall–Kier alpha value is -8.71. The van der Waals surface area contributed by atoms with Crippen LogP contribution in [0.1, 0.15) is 20.3 Å². The summed E-state index contributed by atoms with van der Waals surface area (Å²) >= 11 is 1.85. The van der Waals surface area contributed by atoms with E-state index in [1.54, 1.807) is 0 Å². The second-order valence-electron chi connectivity index (χ2n) is 17.8. The molecule has 0 aliphatic heterocycles. The average molecular weight is 917 g/mol. The van der Waals surface area contributed by atoms with Crippen molar-refractivity contribution in [2.75, 3.05) is 0 Å². The van der Waals surface area contributed by atoms with E-state index in [1.165, 1.54) is 48.5 Å². The highest BCUT2D eigenvalue weighted by Gasteiger charge is 2.23. The lowest BCUT2D eigenvalue weighted by Crippen LogP contribution is -2.07. The highest BCUT2D eigenvalue weighted by Crippen LogP contribution is 2.44. The van der Waals surface area contributed by atoms with Crippen LogP contribution in [0.25, 0.3) is 137 Å². The molecule has 5 nitrogen and oxygen atoms in total. The molecule has 4 aromatic heterocycles. The molecular weight excluding hydrogens is 873 g/mol. The van der Waals surface area contributed by atoms with Crippen LogP contribution >= 0.6 is 11.3 Å². The number of nitrogens with zero attached hydrogens (tertiary/aromatic N) is 4. The van der Waals surface area contributed by atoms with Crippen LogP contribution in [0.3, 0.4) is 0 Å². The molecule has 0 unspecified atom stereocenters. The summed E-state index contributed by atoms with van der Waals surface area (Å²) < 4.78 is 11.2. The Kier molecular flexibility index (Phi) is 10.1. The second kappa shape index (κ2) is 17.1. The highest BCUT2D eigenvalue weighted by molar-refractivity contribution is 7.25. The van der Waals surface area contributed by atoms with Gasteiger partial charge in [0.25, 0.3) is 0 Å². The third-order valence-electron chi connectivity index (χ3n) is 13.3. The first-order chi connectivity index (χ1) is 34.6. The largest absolute Gasteiger partial charge is 0.456 e. The topological polar surface area (TPSA) is 56.7 Å². The third-order valence-corrected chi connectivity index (χ3v) is 14.4. The summed E-state index contributed by atoms with van der Waals surface area (Å²) in [5, 5.41) is 9.37. The van der Waals surface area contributed by atoms with E-state index >= 15 is 0 Å². The van der Waals surface area contributed by atoms with Crippen molar-refractivity contribution in [3.8, 4) is 62.1 Å². The number of hydrogen-bond donors (Lipinski definition) is 0. The molecule has 0 aliphatic carbocycles. The van der Waals surface area contributed by atoms with Gasteiger partial charge in [0, 0.05) is 58.4 Å². The van der Waals surface area contributed by atoms with Gasteiger partial charge in [-0.3, -0.25) is 4.57 Å². The zero-order valence-corrected chi connectivity index (χ0v) is 39.4. The Labute approximate surface area is 408 Å². The molecule has 0 spiro atoms. The lowest BCUT2D eigenvalue weighted by Gasteiger charge is -2.14. The molecule has 332 valence electrons. The van der Waals surface area contributed by atoms with Gasteiger partial charge >= 0.3 is 0 Å². The van der Waals surface area contributed by atoms with Crippen molar-refractivity contribution in [2.24, 2.45) is 0 Å². The first-order valence-electron chi connectivity index (χ1n) is 23.9. The van der Waals surface area contributed by atoms with Gasteiger partial charge in [-0.2, -0.15) is 9.97 Å². The van der Waals surface area contributed by atoms with Crippen molar-refractivity contribution in [1.82, 2.24) is 19.5 Å². The molecule has 0 atom stereocenters. The number of rotatable bonds is 6. The summed E-state index contributed by atoms with van der Waals surface area (Å²) in [4.78, 5) is 15.9. The van der Waals surface area contributed by atoms with Gasteiger partial charge in [-0.05, 0) is 87.1 Å². The van der Waals surface area contributed by atoms with Crippen LogP contribution in [-0.4, -0.2) is 19.5 Å². The zero-order valence-electron chi connectivity index (χ0n) is 38.6. The molecule has 0 radical (unpaired) electrons. The molecule has 0 bridgehead atoms. The summed E-state index contributed by atoms with van der Waals surface area (Å²) in [6.45, 7) is 4.25. The van der Waals surface area contributed by atoms with Gasteiger partial charge in [-0.15, -0.1) is 11.3 Å². The maximum Gasteiger partial charge on any atom is 0.238 e. The minimum Gasteiger partial charge on any atom is -0.456 e. The van der Waals surface area contributed by atoms with Crippen LogP contribution < -0.4 is 0 Å². The summed E-state index contributed by atoms with van der Waals surface area (Å²) in [7, 11) is 0. The Bertz CT molecular complexity index is 4310. The quantitative estimate of drug-likeness (QED) is 0.167. The van der Waals surface area contributed by atoms with E-state index in [2.05, 4.69) is 200 Å². The summed E-state index contributed by atoms with van der Waals surface area (Å²) in [5.74, 6) is 1.69. The Balaban J connectivity index is 0.00000156. The first-order valence-corrected chi connectivity index (χ1v) is 24.7. The molecule has 0 N–H and O–H groups in total. The molecule has 0 fully saturated rings. The molecule has 4 heterocycles. The third kappa shape index (κ3) is 6.95. The maximum atomic E-state index is 6.38. The number of benzene rings is 10. The van der Waals surface area contributed by atoms with Crippen LogP contribution in [-0.2, 0) is 0 Å². The maximum absolute atomic E-state index is 6.38. The highest BCUT2D eigenvalue weighted by atomic mass is 32.1. The molecule has 0 saturated heterocycles. The van der Waals surface area contributed by atoms with Gasteiger partial charge in [0.1, 0.15) is 11.2 Å². The molecule has 14 rings (SSSR count). The predicted octanol–water partition coefficient (Wildman–Crippen LogP) is 18.1. The van der Waals surface area contributed by atoms with Gasteiger partial charge in [0.05, 0.1) is 11.0 Å². The molecular formula is C64H44N4OS. The van der Waals surface area contributed by atoms with Crippen LogP contribution in [0.5, 0.6) is 0 Å². The Morgan fingerprint density at radius 2 is 0.986 bits per heavy atom. The second-order valence-corrected chi connectivity index (χ2v) is 18.9. The summed E-state index contributed by atoms with van der Waals surface area (Å²) in [6.07, 6.45) is 1.25. The minimum absolute atomic E-state index is 0.537. The standard InChI is InChI=1S/C61H36N4OS.C3H8/c1-2-15-38(16-3-1)59-62-60(43-30-32-48-47-22-6-8-27-52(47)66-53(48)36-43)64-61(63-59)65-51-33-31-37-14-4-5-21-44(37)56(51)50-26-12-25-46(58(50)65)42-20-11-18-40(35-42)39-17-10-19-41(34-39)45-24-13-29-55-57(45)49-23-7-9-28-54(49)67-55;1-3-2/h1-36H;3H2,1-2H3. The van der Waals surface area contributed by atoms with E-state index in [4.69, 9.17) is 19.4 Å².